The van der Waals surface area contributed by atoms with Crippen LogP contribution in [-0.2, 0) is 23.2 Å². The van der Waals surface area contributed by atoms with Crippen LogP contribution in [-0.4, -0.2) is 9.13 Å². The molecule has 2 heterocycles. The van der Waals surface area contributed by atoms with Gasteiger partial charge in [0.25, 0.3) is 0 Å². The third-order valence-electron chi connectivity index (χ3n) is 7.32. The number of hydrogen-bond donors (Lipinski definition) is 0. The standard InChI is InChI=1S/2C15H14N.2ClH.Zr/c2*1-11-5-6-12(2)15-13(11)7-8-14(15)16-9-3-4-10-16;;;/h2*3-7,9-10,14H,1-2H3;2*1H;/q;;;;+2/p-2. The fraction of sp³-hybridized carbons (Fsp3) is 0.200. The fourth-order valence-corrected chi connectivity index (χ4v) is 9.63. The van der Waals surface area contributed by atoms with Gasteiger partial charge in [0, 0.05) is 0 Å². The number of nitrogens with zero attached hydrogens (tertiary/aromatic N) is 2. The van der Waals surface area contributed by atoms with Gasteiger partial charge in [-0.3, -0.25) is 0 Å². The molecule has 0 spiro atoms. The number of aromatic nitrogens is 2. The van der Waals surface area contributed by atoms with Crippen LogP contribution in [0.2, 0.25) is 0 Å². The van der Waals surface area contributed by atoms with Crippen LogP contribution in [0.25, 0.3) is 12.2 Å². The third kappa shape index (κ3) is 4.27. The fourth-order valence-electron chi connectivity index (χ4n) is 5.63. The number of rotatable bonds is 4. The number of fused-ring (bicyclic) bond motifs is 2. The largest absolute Gasteiger partial charge is 1.00 e. The van der Waals surface area contributed by atoms with Crippen LogP contribution >= 0.6 is 0 Å². The van der Waals surface area contributed by atoms with Crippen molar-refractivity contribution in [2.75, 3.05) is 0 Å². The summed E-state index contributed by atoms with van der Waals surface area (Å²) < 4.78 is 8.14. The van der Waals surface area contributed by atoms with Gasteiger partial charge in [0.1, 0.15) is 0 Å². The van der Waals surface area contributed by atoms with Gasteiger partial charge in [0.15, 0.2) is 0 Å². The molecule has 176 valence electrons. The zero-order valence-electron chi connectivity index (χ0n) is 20.4. The predicted molar refractivity (Wildman–Crippen MR) is 133 cm³/mol. The van der Waals surface area contributed by atoms with E-state index in [2.05, 4.69) is 122 Å². The van der Waals surface area contributed by atoms with Crippen molar-refractivity contribution in [1.29, 1.82) is 0 Å². The molecule has 0 bridgehead atoms. The molecule has 0 saturated carbocycles. The summed E-state index contributed by atoms with van der Waals surface area (Å²) in [5.74, 6) is 0. The van der Waals surface area contributed by atoms with E-state index in [1.54, 1.807) is 6.56 Å². The molecule has 2 nitrogen and oxygen atoms in total. The number of hydrogen-bond acceptors (Lipinski definition) is 0. The van der Waals surface area contributed by atoms with Crippen LogP contribution in [0.15, 0.2) is 79.9 Å². The van der Waals surface area contributed by atoms with E-state index in [4.69, 9.17) is 0 Å². The van der Waals surface area contributed by atoms with Crippen LogP contribution in [0.1, 0.15) is 56.6 Å². The Morgan fingerprint density at radius 3 is 1.26 bits per heavy atom. The van der Waals surface area contributed by atoms with Gasteiger partial charge in [0.05, 0.1) is 0 Å². The van der Waals surface area contributed by atoms with Crippen LogP contribution in [0, 0.1) is 27.7 Å². The van der Waals surface area contributed by atoms with Crippen LogP contribution in [0.3, 0.4) is 0 Å². The van der Waals surface area contributed by atoms with Gasteiger partial charge in [-0.15, -0.1) is 0 Å². The van der Waals surface area contributed by atoms with Gasteiger partial charge in [-0.25, -0.2) is 0 Å². The minimum Gasteiger partial charge on any atom is -1.00 e. The summed E-state index contributed by atoms with van der Waals surface area (Å²) in [6.07, 6.45) is 14.1. The minimum absolute atomic E-state index is 0. The summed E-state index contributed by atoms with van der Waals surface area (Å²) in [6, 6.07) is 18.5. The van der Waals surface area contributed by atoms with Crippen molar-refractivity contribution in [3.05, 3.63) is 124 Å². The Hall–Kier alpha value is -2.06. The van der Waals surface area contributed by atoms with Gasteiger partial charge in [0.2, 0.25) is 0 Å². The topological polar surface area (TPSA) is 9.86 Å². The smallest absolute Gasteiger partial charge is 1.00 e. The molecule has 4 aromatic rings. The van der Waals surface area contributed by atoms with E-state index in [0.717, 1.165) is 0 Å². The molecule has 2 unspecified atom stereocenters. The maximum Gasteiger partial charge on any atom is -1.00 e. The molecule has 0 aliphatic heterocycles. The Kier molecular flexibility index (Phi) is 7.53. The maximum atomic E-state index is 2.55. The average Bonchev–Trinajstić information content (AvgIpc) is 3.58. The Labute approximate surface area is 232 Å². The Bertz CT molecular complexity index is 1320. The van der Waals surface area contributed by atoms with Gasteiger partial charge in [-0.05, 0) is 0 Å². The molecule has 2 atom stereocenters. The molecule has 5 heteroatoms. The SMILES string of the molecule is Cc1ccc(C)c2c1C=[C]([Zr+2][C]1=Cc3c(C)ccc(C)c3C1n1cccc1)C2n1cccc1.[Cl-].[Cl-]. The molecule has 0 amide bonds. The molecule has 0 N–H and O–H groups in total. The second-order valence-electron chi connectivity index (χ2n) is 9.44. The second-order valence-corrected chi connectivity index (χ2v) is 12.9. The van der Waals surface area contributed by atoms with E-state index in [-0.39, 0.29) is 24.8 Å². The molecule has 2 aromatic carbocycles. The van der Waals surface area contributed by atoms with Crippen molar-refractivity contribution in [3.8, 4) is 0 Å². The van der Waals surface area contributed by atoms with E-state index in [9.17, 15) is 0 Å². The van der Waals surface area contributed by atoms with E-state index in [1.165, 1.54) is 44.5 Å². The summed E-state index contributed by atoms with van der Waals surface area (Å²) in [5.41, 5.74) is 11.5. The van der Waals surface area contributed by atoms with E-state index in [0.29, 0.717) is 12.1 Å². The molecule has 2 aromatic heterocycles. The Morgan fingerprint density at radius 2 is 0.886 bits per heavy atom. The molecule has 0 radical (unpaired) electrons. The van der Waals surface area contributed by atoms with Crippen LogP contribution in [0.5, 0.6) is 0 Å². The maximum absolute atomic E-state index is 2.55. The Morgan fingerprint density at radius 1 is 0.543 bits per heavy atom. The number of benzene rings is 2. The first kappa shape index (κ1) is 26.0. The van der Waals surface area contributed by atoms with Crippen molar-refractivity contribution in [2.24, 2.45) is 0 Å². The monoisotopic (exact) mass is 576 g/mol. The van der Waals surface area contributed by atoms with Gasteiger partial charge in [-0.1, -0.05) is 0 Å². The molecule has 0 fully saturated rings. The van der Waals surface area contributed by atoms with Gasteiger partial charge in [-0.2, -0.15) is 0 Å². The zero-order valence-corrected chi connectivity index (χ0v) is 24.4. The van der Waals surface area contributed by atoms with Gasteiger partial charge < -0.3 is 24.8 Å². The molecule has 6 rings (SSSR count). The number of aryl methyl sites for hydroxylation is 4. The first-order valence-electron chi connectivity index (χ1n) is 11.7. The number of halogens is 2. The molecular formula is C30H28Cl2N2Zr. The summed E-state index contributed by atoms with van der Waals surface area (Å²) in [6.45, 7) is 9.07. The average molecular weight is 579 g/mol. The first-order valence-corrected chi connectivity index (χ1v) is 14.1. The molecule has 0 saturated heterocycles. The first-order chi connectivity index (χ1) is 16.0. The summed E-state index contributed by atoms with van der Waals surface area (Å²) in [5, 5.41) is 0. The van der Waals surface area contributed by atoms with Crippen molar-refractivity contribution < 1.29 is 48.0 Å². The summed E-state index contributed by atoms with van der Waals surface area (Å²) in [7, 11) is 0. The summed E-state index contributed by atoms with van der Waals surface area (Å²) in [4.78, 5) is 0. The third-order valence-corrected chi connectivity index (χ3v) is 10.8. The minimum atomic E-state index is -1.06. The quantitative estimate of drug-likeness (QED) is 0.345. The van der Waals surface area contributed by atoms with Gasteiger partial charge >= 0.3 is 209 Å². The van der Waals surface area contributed by atoms with Crippen molar-refractivity contribution in [2.45, 2.75) is 39.8 Å². The molecular weight excluding hydrogens is 550 g/mol. The van der Waals surface area contributed by atoms with E-state index >= 15 is 0 Å². The Balaban J connectivity index is 0.00000144. The molecule has 2 aliphatic rings. The van der Waals surface area contributed by atoms with E-state index in [1.807, 2.05) is 0 Å². The zero-order chi connectivity index (χ0) is 22.7. The van der Waals surface area contributed by atoms with Crippen molar-refractivity contribution in [3.63, 3.8) is 0 Å². The van der Waals surface area contributed by atoms with E-state index < -0.39 is 23.2 Å². The second kappa shape index (κ2) is 10.1. The predicted octanol–water partition coefficient (Wildman–Crippen LogP) is 1.20. The number of allylic oxidation sites excluding steroid dienone is 2. The van der Waals surface area contributed by atoms with Crippen molar-refractivity contribution in [1.82, 2.24) is 9.13 Å². The van der Waals surface area contributed by atoms with Crippen LogP contribution in [0.4, 0.5) is 0 Å². The van der Waals surface area contributed by atoms with Crippen molar-refractivity contribution >= 4 is 12.2 Å². The molecule has 35 heavy (non-hydrogen) atoms. The summed E-state index contributed by atoms with van der Waals surface area (Å²) >= 11 is -1.06. The normalized spacial score (nSPS) is 17.5. The van der Waals surface area contributed by atoms with Crippen LogP contribution < -0.4 is 24.8 Å². The molecule has 2 aliphatic carbocycles.